The Hall–Kier alpha value is -2.10. The molecule has 2 N–H and O–H groups in total. The van der Waals surface area contributed by atoms with Gasteiger partial charge in [-0.2, -0.15) is 0 Å². The number of anilines is 1. The van der Waals surface area contributed by atoms with Crippen LogP contribution in [0.4, 0.5) is 5.82 Å². The van der Waals surface area contributed by atoms with Crippen molar-refractivity contribution in [2.24, 2.45) is 0 Å². The van der Waals surface area contributed by atoms with E-state index < -0.39 is 5.97 Å². The number of hydrogen-bond donors (Lipinski definition) is 2. The summed E-state index contributed by atoms with van der Waals surface area (Å²) in [6, 6.07) is 7.60. The lowest BCUT2D eigenvalue weighted by Gasteiger charge is -2.24. The van der Waals surface area contributed by atoms with Gasteiger partial charge in [-0.3, -0.25) is 0 Å². The van der Waals surface area contributed by atoms with Crippen LogP contribution < -0.4 is 5.32 Å². The van der Waals surface area contributed by atoms with Crippen LogP contribution in [-0.2, 0) is 0 Å². The van der Waals surface area contributed by atoms with E-state index in [0.717, 1.165) is 18.2 Å². The fourth-order valence-electron chi connectivity index (χ4n) is 2.96. The van der Waals surface area contributed by atoms with Crippen molar-refractivity contribution >= 4 is 22.6 Å². The number of pyridine rings is 1. The molecule has 4 heteroatoms. The Morgan fingerprint density at radius 2 is 2.00 bits per heavy atom. The van der Waals surface area contributed by atoms with Gasteiger partial charge in [0.1, 0.15) is 5.82 Å². The molecule has 1 aromatic heterocycles. The fourth-order valence-corrected chi connectivity index (χ4v) is 2.96. The zero-order valence-electron chi connectivity index (χ0n) is 11.3. The van der Waals surface area contributed by atoms with Gasteiger partial charge >= 0.3 is 5.97 Å². The highest BCUT2D eigenvalue weighted by Gasteiger charge is 2.17. The molecule has 0 unspecified atom stereocenters. The van der Waals surface area contributed by atoms with Crippen LogP contribution in [0.5, 0.6) is 0 Å². The Balaban J connectivity index is 2.03. The lowest BCUT2D eigenvalue weighted by molar-refractivity contribution is 0.0699. The number of hydrogen-bond acceptors (Lipinski definition) is 3. The Labute approximate surface area is 117 Å². The number of carboxylic acids is 1. The predicted octanol–water partition coefficient (Wildman–Crippen LogP) is 3.68. The molecule has 20 heavy (non-hydrogen) atoms. The first kappa shape index (κ1) is 12.9. The van der Waals surface area contributed by atoms with Gasteiger partial charge in [-0.05, 0) is 30.4 Å². The summed E-state index contributed by atoms with van der Waals surface area (Å²) in [4.78, 5) is 15.8. The molecule has 0 atom stereocenters. The van der Waals surface area contributed by atoms with Gasteiger partial charge in [0.2, 0.25) is 0 Å². The van der Waals surface area contributed by atoms with Gasteiger partial charge in [0.05, 0.1) is 5.56 Å². The molecule has 0 aliphatic heterocycles. The molecule has 3 rings (SSSR count). The molecule has 1 aliphatic rings. The summed E-state index contributed by atoms with van der Waals surface area (Å²) in [7, 11) is 0. The lowest BCUT2D eigenvalue weighted by atomic mass is 9.95. The molecular weight excluding hydrogens is 252 g/mol. The molecule has 1 aromatic carbocycles. The Bertz CT molecular complexity index is 628. The van der Waals surface area contributed by atoms with Gasteiger partial charge in [-0.15, -0.1) is 0 Å². The molecular formula is C16H18N2O2. The highest BCUT2D eigenvalue weighted by atomic mass is 16.4. The van der Waals surface area contributed by atoms with E-state index in [1.807, 2.05) is 12.1 Å². The second-order valence-corrected chi connectivity index (χ2v) is 5.35. The number of nitrogens with zero attached hydrogens (tertiary/aromatic N) is 1. The molecule has 1 heterocycles. The highest BCUT2D eigenvalue weighted by molar-refractivity contribution is 6.08. The number of fused-ring (bicyclic) bond motifs is 1. The van der Waals surface area contributed by atoms with E-state index >= 15 is 0 Å². The van der Waals surface area contributed by atoms with Crippen LogP contribution in [0.3, 0.4) is 0 Å². The summed E-state index contributed by atoms with van der Waals surface area (Å²) in [5, 5.41) is 14.4. The molecule has 1 fully saturated rings. The van der Waals surface area contributed by atoms with Crippen LogP contribution in [0, 0.1) is 0 Å². The smallest absolute Gasteiger partial charge is 0.336 e. The molecule has 0 spiro atoms. The van der Waals surface area contributed by atoms with Crippen molar-refractivity contribution in [3.8, 4) is 0 Å². The Morgan fingerprint density at radius 3 is 2.75 bits per heavy atom. The predicted molar refractivity (Wildman–Crippen MR) is 79.2 cm³/mol. The molecule has 0 saturated heterocycles. The molecule has 4 nitrogen and oxygen atoms in total. The quantitative estimate of drug-likeness (QED) is 0.893. The maximum absolute atomic E-state index is 11.4. The van der Waals surface area contributed by atoms with Crippen molar-refractivity contribution in [2.45, 2.75) is 38.1 Å². The summed E-state index contributed by atoms with van der Waals surface area (Å²) in [6.07, 6.45) is 7.75. The van der Waals surface area contributed by atoms with E-state index in [9.17, 15) is 9.90 Å². The van der Waals surface area contributed by atoms with Crippen LogP contribution in [0.15, 0.2) is 30.5 Å². The average molecular weight is 270 g/mol. The lowest BCUT2D eigenvalue weighted by Crippen LogP contribution is -2.23. The number of carboxylic acid groups (broad SMARTS) is 1. The third kappa shape index (κ3) is 2.46. The third-order valence-electron chi connectivity index (χ3n) is 3.97. The maximum atomic E-state index is 11.4. The molecule has 0 bridgehead atoms. The Morgan fingerprint density at radius 1 is 1.20 bits per heavy atom. The van der Waals surface area contributed by atoms with E-state index in [-0.39, 0.29) is 0 Å². The van der Waals surface area contributed by atoms with Crippen molar-refractivity contribution in [1.29, 1.82) is 0 Å². The normalized spacial score (nSPS) is 16.2. The topological polar surface area (TPSA) is 62.2 Å². The van der Waals surface area contributed by atoms with Gasteiger partial charge in [0.15, 0.2) is 0 Å². The largest absolute Gasteiger partial charge is 0.478 e. The molecule has 104 valence electrons. The van der Waals surface area contributed by atoms with Crippen molar-refractivity contribution < 1.29 is 9.90 Å². The van der Waals surface area contributed by atoms with E-state index in [0.29, 0.717) is 22.8 Å². The van der Waals surface area contributed by atoms with Crippen molar-refractivity contribution in [1.82, 2.24) is 4.98 Å². The summed E-state index contributed by atoms with van der Waals surface area (Å²) in [5.41, 5.74) is 0.314. The monoisotopic (exact) mass is 270 g/mol. The van der Waals surface area contributed by atoms with E-state index in [1.165, 1.54) is 19.3 Å². The van der Waals surface area contributed by atoms with Gasteiger partial charge in [-0.1, -0.05) is 31.4 Å². The molecule has 1 aliphatic carbocycles. The zero-order valence-corrected chi connectivity index (χ0v) is 11.3. The number of aromatic nitrogens is 1. The van der Waals surface area contributed by atoms with Gasteiger partial charge in [0, 0.05) is 17.6 Å². The van der Waals surface area contributed by atoms with Gasteiger partial charge < -0.3 is 10.4 Å². The first-order chi connectivity index (χ1) is 9.75. The molecule has 1 saturated carbocycles. The van der Waals surface area contributed by atoms with Crippen LogP contribution in [0.25, 0.3) is 10.8 Å². The third-order valence-corrected chi connectivity index (χ3v) is 3.97. The first-order valence-electron chi connectivity index (χ1n) is 7.13. The highest BCUT2D eigenvalue weighted by Crippen LogP contribution is 2.28. The minimum absolute atomic E-state index is 0.314. The number of aromatic carboxylic acids is 1. The standard InChI is InChI=1S/C16H18N2O2/c19-16(20)13-8-4-5-11-9-10-17-15(14(11)13)18-12-6-2-1-3-7-12/h4-5,8-10,12H,1-3,6-7H2,(H,17,18)(H,19,20). The Kier molecular flexibility index (Phi) is 3.54. The summed E-state index contributed by atoms with van der Waals surface area (Å²) >= 11 is 0. The second-order valence-electron chi connectivity index (χ2n) is 5.35. The van der Waals surface area contributed by atoms with Crippen molar-refractivity contribution in [2.75, 3.05) is 5.32 Å². The molecule has 0 radical (unpaired) electrons. The second kappa shape index (κ2) is 5.49. The summed E-state index contributed by atoms with van der Waals surface area (Å²) in [5.74, 6) is -0.206. The SMILES string of the molecule is O=C(O)c1cccc2ccnc(NC3CCCCC3)c12. The van der Waals surface area contributed by atoms with Crippen LogP contribution in [0.1, 0.15) is 42.5 Å². The number of nitrogens with one attached hydrogen (secondary N) is 1. The molecule has 2 aromatic rings. The van der Waals surface area contributed by atoms with Gasteiger partial charge in [-0.25, -0.2) is 9.78 Å². The minimum Gasteiger partial charge on any atom is -0.478 e. The zero-order chi connectivity index (χ0) is 13.9. The molecule has 0 amide bonds. The fraction of sp³-hybridized carbons (Fsp3) is 0.375. The van der Waals surface area contributed by atoms with Crippen LogP contribution >= 0.6 is 0 Å². The van der Waals surface area contributed by atoms with Crippen molar-refractivity contribution in [3.05, 3.63) is 36.0 Å². The maximum Gasteiger partial charge on any atom is 0.336 e. The first-order valence-corrected chi connectivity index (χ1v) is 7.13. The summed E-state index contributed by atoms with van der Waals surface area (Å²) < 4.78 is 0. The number of carbonyl (C=O) groups is 1. The van der Waals surface area contributed by atoms with E-state index in [2.05, 4.69) is 10.3 Å². The summed E-state index contributed by atoms with van der Waals surface area (Å²) in [6.45, 7) is 0. The van der Waals surface area contributed by atoms with Crippen LogP contribution in [-0.4, -0.2) is 22.1 Å². The average Bonchev–Trinajstić information content (AvgIpc) is 2.48. The number of rotatable bonds is 3. The van der Waals surface area contributed by atoms with E-state index in [1.54, 1.807) is 18.3 Å². The van der Waals surface area contributed by atoms with E-state index in [4.69, 9.17) is 0 Å². The van der Waals surface area contributed by atoms with Crippen LogP contribution in [0.2, 0.25) is 0 Å². The number of benzene rings is 1. The minimum atomic E-state index is -0.907. The van der Waals surface area contributed by atoms with Gasteiger partial charge in [0.25, 0.3) is 0 Å². The van der Waals surface area contributed by atoms with Crippen molar-refractivity contribution in [3.63, 3.8) is 0 Å².